The molecule has 0 bridgehead atoms. The second kappa shape index (κ2) is 7.48. The molecule has 0 spiro atoms. The number of nitrogens with one attached hydrogen (secondary N) is 1. The van der Waals surface area contributed by atoms with Crippen molar-refractivity contribution in [2.24, 2.45) is 5.92 Å². The Kier molecular flexibility index (Phi) is 5.30. The topological polar surface area (TPSA) is 86.7 Å². The van der Waals surface area contributed by atoms with E-state index in [2.05, 4.69) is 5.32 Å². The smallest absolute Gasteiger partial charge is 0.308 e. The molecule has 2 amide bonds. The number of hydrogen-bond acceptors (Lipinski definition) is 3. The van der Waals surface area contributed by atoms with Gasteiger partial charge in [-0.05, 0) is 37.8 Å². The molecule has 1 heterocycles. The van der Waals surface area contributed by atoms with Crippen molar-refractivity contribution in [3.63, 3.8) is 0 Å². The number of carboxylic acid groups (broad SMARTS) is 1. The first-order valence-electron chi connectivity index (χ1n) is 9.33. The van der Waals surface area contributed by atoms with Crippen molar-refractivity contribution in [3.05, 3.63) is 29.8 Å². The Morgan fingerprint density at radius 1 is 1.27 bits per heavy atom. The summed E-state index contributed by atoms with van der Waals surface area (Å²) in [5.74, 6) is -1.58. The molecular formula is C20H26N2O4. The van der Waals surface area contributed by atoms with Crippen LogP contribution in [0.15, 0.2) is 24.3 Å². The molecule has 0 saturated heterocycles. The van der Waals surface area contributed by atoms with E-state index in [1.165, 1.54) is 0 Å². The monoisotopic (exact) mass is 358 g/mol. The second-order valence-electron chi connectivity index (χ2n) is 7.53. The Morgan fingerprint density at radius 2 is 2.04 bits per heavy atom. The van der Waals surface area contributed by atoms with E-state index < -0.39 is 17.4 Å². The summed E-state index contributed by atoms with van der Waals surface area (Å²) in [6.45, 7) is 2.14. The van der Waals surface area contributed by atoms with E-state index in [0.29, 0.717) is 25.8 Å². The molecule has 1 aromatic carbocycles. The number of carbonyl (C=O) groups is 3. The fourth-order valence-electron chi connectivity index (χ4n) is 4.22. The van der Waals surface area contributed by atoms with Crippen molar-refractivity contribution >= 4 is 23.5 Å². The van der Waals surface area contributed by atoms with Crippen molar-refractivity contribution in [1.29, 1.82) is 0 Å². The summed E-state index contributed by atoms with van der Waals surface area (Å²) in [5, 5.41) is 12.4. The number of benzene rings is 1. The van der Waals surface area contributed by atoms with Crippen LogP contribution in [0.2, 0.25) is 0 Å². The highest BCUT2D eigenvalue weighted by atomic mass is 16.4. The Balaban J connectivity index is 1.64. The lowest BCUT2D eigenvalue weighted by molar-refractivity contribution is -0.146. The number of carboxylic acids is 1. The fourth-order valence-corrected chi connectivity index (χ4v) is 4.22. The molecule has 1 aliphatic carbocycles. The van der Waals surface area contributed by atoms with E-state index in [4.69, 9.17) is 0 Å². The lowest BCUT2D eigenvalue weighted by atomic mass is 9.74. The zero-order valence-electron chi connectivity index (χ0n) is 15.2. The van der Waals surface area contributed by atoms with Gasteiger partial charge in [0.25, 0.3) is 0 Å². The number of aliphatic carboxylic acids is 1. The third kappa shape index (κ3) is 3.74. The summed E-state index contributed by atoms with van der Waals surface area (Å²) >= 11 is 0. The largest absolute Gasteiger partial charge is 0.481 e. The fraction of sp³-hybridized carbons (Fsp3) is 0.550. The zero-order valence-corrected chi connectivity index (χ0v) is 15.2. The van der Waals surface area contributed by atoms with Gasteiger partial charge in [-0.15, -0.1) is 0 Å². The van der Waals surface area contributed by atoms with Gasteiger partial charge in [0.05, 0.1) is 11.5 Å². The minimum Gasteiger partial charge on any atom is -0.481 e. The van der Waals surface area contributed by atoms with Gasteiger partial charge in [-0.3, -0.25) is 14.4 Å². The molecule has 1 saturated carbocycles. The van der Waals surface area contributed by atoms with Gasteiger partial charge in [-0.25, -0.2) is 0 Å². The van der Waals surface area contributed by atoms with Crippen LogP contribution in [0.5, 0.6) is 0 Å². The van der Waals surface area contributed by atoms with Crippen LogP contribution in [0.3, 0.4) is 0 Å². The van der Waals surface area contributed by atoms with Gasteiger partial charge >= 0.3 is 5.97 Å². The van der Waals surface area contributed by atoms with Crippen LogP contribution < -0.4 is 10.2 Å². The molecule has 2 atom stereocenters. The molecule has 3 rings (SSSR count). The van der Waals surface area contributed by atoms with Crippen LogP contribution in [0.1, 0.15) is 51.0 Å². The van der Waals surface area contributed by atoms with Gasteiger partial charge in [0, 0.05) is 25.1 Å². The van der Waals surface area contributed by atoms with Crippen LogP contribution in [-0.4, -0.2) is 35.0 Å². The molecular weight excluding hydrogens is 332 g/mol. The molecule has 140 valence electrons. The summed E-state index contributed by atoms with van der Waals surface area (Å²) in [5.41, 5.74) is 1.28. The minimum atomic E-state index is -0.854. The maximum Gasteiger partial charge on any atom is 0.308 e. The van der Waals surface area contributed by atoms with Crippen LogP contribution in [0, 0.1) is 5.92 Å². The Bertz CT molecular complexity index is 718. The van der Waals surface area contributed by atoms with Gasteiger partial charge in [-0.1, -0.05) is 31.0 Å². The summed E-state index contributed by atoms with van der Waals surface area (Å²) in [7, 11) is 0. The first-order chi connectivity index (χ1) is 12.4. The van der Waals surface area contributed by atoms with Crippen molar-refractivity contribution in [2.75, 3.05) is 11.4 Å². The first kappa shape index (κ1) is 18.4. The number of rotatable bonds is 5. The standard InChI is InChI=1S/C20H26N2O4/c1-20(12-5-4-7-15(20)19(25)26)21-17(23)11-13-22-16-8-3-2-6-14(16)9-10-18(22)24/h2-3,6,8,15H,4-5,7,9-13H2,1H3,(H,21,23)(H,25,26). The third-order valence-corrected chi connectivity index (χ3v) is 5.69. The molecule has 0 aromatic heterocycles. The highest BCUT2D eigenvalue weighted by Gasteiger charge is 2.42. The van der Waals surface area contributed by atoms with Crippen LogP contribution >= 0.6 is 0 Å². The predicted octanol–water partition coefficient (Wildman–Crippen LogP) is 2.51. The summed E-state index contributed by atoms with van der Waals surface area (Å²) in [6, 6.07) is 7.77. The predicted molar refractivity (Wildman–Crippen MR) is 97.9 cm³/mol. The highest BCUT2D eigenvalue weighted by Crippen LogP contribution is 2.34. The molecule has 0 radical (unpaired) electrons. The summed E-state index contributed by atoms with van der Waals surface area (Å²) in [4.78, 5) is 38.0. The van der Waals surface area contributed by atoms with E-state index in [1.807, 2.05) is 31.2 Å². The van der Waals surface area contributed by atoms with Crippen LogP contribution in [-0.2, 0) is 20.8 Å². The van der Waals surface area contributed by atoms with Gasteiger partial charge in [0.15, 0.2) is 0 Å². The Morgan fingerprint density at radius 3 is 2.81 bits per heavy atom. The van der Waals surface area contributed by atoms with E-state index in [1.54, 1.807) is 4.90 Å². The highest BCUT2D eigenvalue weighted by molar-refractivity contribution is 5.97. The zero-order chi connectivity index (χ0) is 18.7. The molecule has 1 fully saturated rings. The second-order valence-corrected chi connectivity index (χ2v) is 7.53. The molecule has 1 aromatic rings. The number of anilines is 1. The SMILES string of the molecule is CC1(NC(=O)CCN2C(=O)CCc3ccccc32)CCCCC1C(=O)O. The van der Waals surface area contributed by atoms with Gasteiger partial charge in [-0.2, -0.15) is 0 Å². The normalized spacial score (nSPS) is 25.5. The summed E-state index contributed by atoms with van der Waals surface area (Å²) < 4.78 is 0. The van der Waals surface area contributed by atoms with Crippen molar-refractivity contribution in [1.82, 2.24) is 5.32 Å². The lowest BCUT2D eigenvalue weighted by Crippen LogP contribution is -2.55. The number of nitrogens with zero attached hydrogens (tertiary/aromatic N) is 1. The molecule has 6 heteroatoms. The van der Waals surface area contributed by atoms with E-state index in [9.17, 15) is 19.5 Å². The van der Waals surface area contributed by atoms with E-state index >= 15 is 0 Å². The Labute approximate surface area is 153 Å². The third-order valence-electron chi connectivity index (χ3n) is 5.69. The maximum atomic E-state index is 12.5. The number of carbonyl (C=O) groups excluding carboxylic acids is 2. The number of para-hydroxylation sites is 1. The summed E-state index contributed by atoms with van der Waals surface area (Å²) in [6.07, 6.45) is 4.40. The Hall–Kier alpha value is -2.37. The molecule has 26 heavy (non-hydrogen) atoms. The van der Waals surface area contributed by atoms with E-state index in [0.717, 1.165) is 30.5 Å². The average Bonchev–Trinajstić information content (AvgIpc) is 2.60. The number of fused-ring (bicyclic) bond motifs is 1. The maximum absolute atomic E-state index is 12.5. The molecule has 6 nitrogen and oxygen atoms in total. The van der Waals surface area contributed by atoms with Crippen molar-refractivity contribution in [3.8, 4) is 0 Å². The van der Waals surface area contributed by atoms with Crippen molar-refractivity contribution in [2.45, 2.75) is 57.4 Å². The van der Waals surface area contributed by atoms with E-state index in [-0.39, 0.29) is 18.2 Å². The van der Waals surface area contributed by atoms with Crippen molar-refractivity contribution < 1.29 is 19.5 Å². The first-order valence-corrected chi connectivity index (χ1v) is 9.33. The van der Waals surface area contributed by atoms with Crippen LogP contribution in [0.4, 0.5) is 5.69 Å². The number of aryl methyl sites for hydroxylation is 1. The number of hydrogen-bond donors (Lipinski definition) is 2. The quantitative estimate of drug-likeness (QED) is 0.847. The van der Waals surface area contributed by atoms with Gasteiger partial charge in [0.2, 0.25) is 11.8 Å². The minimum absolute atomic E-state index is 0.0313. The van der Waals surface area contributed by atoms with Crippen LogP contribution in [0.25, 0.3) is 0 Å². The molecule has 2 N–H and O–H groups in total. The molecule has 2 unspecified atom stereocenters. The number of amides is 2. The lowest BCUT2D eigenvalue weighted by Gasteiger charge is -2.40. The van der Waals surface area contributed by atoms with Gasteiger partial charge < -0.3 is 15.3 Å². The molecule has 1 aliphatic heterocycles. The van der Waals surface area contributed by atoms with Gasteiger partial charge in [0.1, 0.15) is 0 Å². The molecule has 2 aliphatic rings. The average molecular weight is 358 g/mol.